The largest absolute Gasteiger partial charge is 0.464 e. The number of hydrogen-bond acceptors (Lipinski definition) is 4. The van der Waals surface area contributed by atoms with Crippen LogP contribution in [0.4, 0.5) is 0 Å². The van der Waals surface area contributed by atoms with Crippen molar-refractivity contribution >= 4 is 11.9 Å². The van der Waals surface area contributed by atoms with E-state index in [1.165, 1.54) is 154 Å². The van der Waals surface area contributed by atoms with E-state index < -0.39 is 0 Å². The molecule has 0 heterocycles. The Kier molecular flexibility index (Phi) is 34.9. The highest BCUT2D eigenvalue weighted by Crippen LogP contribution is 2.19. The maximum atomic E-state index is 12.4. The Balaban J connectivity index is 4.06. The second-order valence-electron chi connectivity index (χ2n) is 13.4. The molecule has 0 saturated heterocycles. The molecule has 0 N–H and O–H groups in total. The van der Waals surface area contributed by atoms with Crippen LogP contribution in [0.5, 0.6) is 0 Å². The molecular weight excluding hydrogens is 570 g/mol. The monoisotopic (exact) mass is 648 g/mol. The first-order chi connectivity index (χ1) is 22.6. The highest BCUT2D eigenvalue weighted by Gasteiger charge is 2.13. The number of carbonyl (C=O) groups is 2. The predicted octanol–water partition coefficient (Wildman–Crippen LogP) is 11.9. The molecule has 5 nitrogen and oxygen atoms in total. The maximum Gasteiger partial charge on any atom is 0.305 e. The topological polar surface area (TPSA) is 55.8 Å². The third kappa shape index (κ3) is 31.0. The van der Waals surface area contributed by atoms with E-state index in [0.29, 0.717) is 32.0 Å². The first-order valence-corrected chi connectivity index (χ1v) is 19.9. The lowest BCUT2D eigenvalue weighted by molar-refractivity contribution is -0.145. The normalized spacial score (nSPS) is 12.1. The van der Waals surface area contributed by atoms with Gasteiger partial charge in [-0.2, -0.15) is 0 Å². The molecule has 0 aliphatic heterocycles. The molecule has 0 aromatic carbocycles. The number of carbonyl (C=O) groups excluding carboxylic acids is 2. The van der Waals surface area contributed by atoms with E-state index in [-0.39, 0.29) is 18.5 Å². The van der Waals surface area contributed by atoms with Crippen molar-refractivity contribution in [3.05, 3.63) is 24.8 Å². The van der Waals surface area contributed by atoms with Crippen molar-refractivity contribution in [3.63, 3.8) is 0 Å². The molecule has 1 unspecified atom stereocenters. The molecule has 0 fully saturated rings. The molecule has 1 amide bonds. The predicted molar refractivity (Wildman–Crippen MR) is 198 cm³/mol. The summed E-state index contributed by atoms with van der Waals surface area (Å²) < 4.78 is 11.6. The molecule has 0 aliphatic carbocycles. The van der Waals surface area contributed by atoms with Crippen LogP contribution >= 0.6 is 0 Å². The molecule has 0 aromatic rings. The van der Waals surface area contributed by atoms with Gasteiger partial charge in [0.05, 0.1) is 13.2 Å². The molecule has 46 heavy (non-hydrogen) atoms. The molecule has 0 aliphatic rings. The van der Waals surface area contributed by atoms with Crippen LogP contribution in [0.15, 0.2) is 24.8 Å². The molecule has 0 radical (unpaired) electrons. The lowest BCUT2D eigenvalue weighted by atomic mass is 9.95. The highest BCUT2D eigenvalue weighted by molar-refractivity contribution is 5.87. The minimum atomic E-state index is -0.166. The van der Waals surface area contributed by atoms with E-state index in [2.05, 4.69) is 39.5 Å². The zero-order valence-electron chi connectivity index (χ0n) is 31.0. The summed E-state index contributed by atoms with van der Waals surface area (Å²) in [4.78, 5) is 26.3. The molecular formula is C41H77NO4. The van der Waals surface area contributed by atoms with Crippen molar-refractivity contribution in [2.45, 2.75) is 188 Å². The highest BCUT2D eigenvalue weighted by atomic mass is 16.5. The third-order valence-corrected chi connectivity index (χ3v) is 9.04. The average molecular weight is 648 g/mol. The average Bonchev–Trinajstić information content (AvgIpc) is 3.06. The Labute approximate surface area is 286 Å². The van der Waals surface area contributed by atoms with Crippen molar-refractivity contribution in [2.24, 2.45) is 5.92 Å². The van der Waals surface area contributed by atoms with Crippen LogP contribution in [0.1, 0.15) is 188 Å². The van der Waals surface area contributed by atoms with E-state index in [1.807, 2.05) is 0 Å². The molecule has 5 heteroatoms. The van der Waals surface area contributed by atoms with Gasteiger partial charge < -0.3 is 14.4 Å². The van der Waals surface area contributed by atoms with Crippen LogP contribution in [0, 0.1) is 5.92 Å². The number of esters is 1. The van der Waals surface area contributed by atoms with Crippen molar-refractivity contribution in [1.29, 1.82) is 0 Å². The van der Waals surface area contributed by atoms with Crippen LogP contribution in [-0.4, -0.2) is 49.7 Å². The number of hydrogen-bond donors (Lipinski definition) is 0. The Bertz CT molecular complexity index is 707. The van der Waals surface area contributed by atoms with Gasteiger partial charge in [0.25, 0.3) is 0 Å². The Hall–Kier alpha value is -1.62. The summed E-state index contributed by atoms with van der Waals surface area (Å²) in [6.07, 6.45) is 38.2. The number of unbranched alkanes of at least 4 members (excludes halogenated alkanes) is 19. The lowest BCUT2D eigenvalue weighted by Gasteiger charge is -2.22. The van der Waals surface area contributed by atoms with Gasteiger partial charge in [-0.15, -0.1) is 0 Å². The van der Waals surface area contributed by atoms with Gasteiger partial charge in [-0.25, -0.2) is 0 Å². The summed E-state index contributed by atoms with van der Waals surface area (Å²) in [5.74, 6) is 0.296. The van der Waals surface area contributed by atoms with Crippen molar-refractivity contribution in [3.8, 4) is 0 Å². The molecule has 270 valence electrons. The quantitative estimate of drug-likeness (QED) is 0.0294. The van der Waals surface area contributed by atoms with Crippen LogP contribution in [0.2, 0.25) is 0 Å². The van der Waals surface area contributed by atoms with Gasteiger partial charge in [-0.05, 0) is 56.9 Å². The summed E-state index contributed by atoms with van der Waals surface area (Å²) in [5, 5.41) is 0. The fourth-order valence-corrected chi connectivity index (χ4v) is 5.95. The van der Waals surface area contributed by atoms with Crippen molar-refractivity contribution < 1.29 is 19.1 Å². The maximum absolute atomic E-state index is 12.4. The van der Waals surface area contributed by atoms with Crippen LogP contribution < -0.4 is 0 Å². The molecule has 0 rings (SSSR count). The minimum absolute atomic E-state index is 0.139. The fourth-order valence-electron chi connectivity index (χ4n) is 5.95. The number of rotatable bonds is 36. The molecule has 0 aromatic heterocycles. The van der Waals surface area contributed by atoms with E-state index in [4.69, 9.17) is 9.47 Å². The summed E-state index contributed by atoms with van der Waals surface area (Å²) in [6.45, 7) is 12.8. The van der Waals surface area contributed by atoms with E-state index in [1.54, 1.807) is 4.90 Å². The Morgan fingerprint density at radius 1 is 0.609 bits per heavy atom. The molecule has 0 bridgehead atoms. The minimum Gasteiger partial charge on any atom is -0.464 e. The van der Waals surface area contributed by atoms with Gasteiger partial charge in [0.1, 0.15) is 6.61 Å². The standard InChI is InChI=1S/C41H77NO4/c1-5-9-12-15-17-18-19-20-21-22-23-24-25-27-30-33-41(44)46-37-35-42(40(43)8-4)34-36-45-38-39(31-28-14-11-7-3)32-29-26-16-13-10-6-2/h8,20-21,39H,4-7,9-19,22-38H2,1-3H3/b21-20-. The SMILES string of the molecule is C=CC(=O)N(CCOCC(CCCCCC)CCCCCCCC)CCOC(=O)CCCCCCC/C=C\CCCCCCCC. The number of ether oxygens (including phenoxy) is 2. The zero-order valence-corrected chi connectivity index (χ0v) is 31.0. The van der Waals surface area contributed by atoms with E-state index >= 15 is 0 Å². The summed E-state index contributed by atoms with van der Waals surface area (Å²) in [6, 6.07) is 0. The van der Waals surface area contributed by atoms with Gasteiger partial charge in [-0.1, -0.05) is 155 Å². The fraction of sp³-hybridized carbons (Fsp3) is 0.854. The number of nitrogens with zero attached hydrogens (tertiary/aromatic N) is 1. The van der Waals surface area contributed by atoms with Gasteiger partial charge in [0.2, 0.25) is 5.91 Å². The summed E-state index contributed by atoms with van der Waals surface area (Å²) >= 11 is 0. The molecule has 0 spiro atoms. The van der Waals surface area contributed by atoms with Crippen LogP contribution in [0.3, 0.4) is 0 Å². The van der Waals surface area contributed by atoms with Gasteiger partial charge >= 0.3 is 5.97 Å². The second kappa shape index (κ2) is 36.2. The Morgan fingerprint density at radius 2 is 1.07 bits per heavy atom. The number of allylic oxidation sites excluding steroid dienone is 2. The van der Waals surface area contributed by atoms with Gasteiger partial charge in [-0.3, -0.25) is 9.59 Å². The van der Waals surface area contributed by atoms with Crippen molar-refractivity contribution in [1.82, 2.24) is 4.90 Å². The van der Waals surface area contributed by atoms with Gasteiger partial charge in [0, 0.05) is 19.6 Å². The summed E-state index contributed by atoms with van der Waals surface area (Å²) in [7, 11) is 0. The second-order valence-corrected chi connectivity index (χ2v) is 13.4. The molecule has 0 saturated carbocycles. The van der Waals surface area contributed by atoms with Crippen molar-refractivity contribution in [2.75, 3.05) is 32.9 Å². The smallest absolute Gasteiger partial charge is 0.305 e. The first kappa shape index (κ1) is 44.4. The van der Waals surface area contributed by atoms with Crippen LogP contribution in [-0.2, 0) is 19.1 Å². The first-order valence-electron chi connectivity index (χ1n) is 19.9. The van der Waals surface area contributed by atoms with E-state index in [0.717, 1.165) is 19.4 Å². The van der Waals surface area contributed by atoms with Crippen LogP contribution in [0.25, 0.3) is 0 Å². The Morgan fingerprint density at radius 3 is 1.61 bits per heavy atom. The van der Waals surface area contributed by atoms with Gasteiger partial charge in [0.15, 0.2) is 0 Å². The third-order valence-electron chi connectivity index (χ3n) is 9.04. The zero-order chi connectivity index (χ0) is 33.8. The summed E-state index contributed by atoms with van der Waals surface area (Å²) in [5.41, 5.74) is 0. The lowest BCUT2D eigenvalue weighted by Crippen LogP contribution is -2.36. The van der Waals surface area contributed by atoms with E-state index in [9.17, 15) is 9.59 Å². The number of amides is 1. The molecule has 1 atom stereocenters.